The number of ether oxygens (including phenoxy) is 1. The van der Waals surface area contributed by atoms with Crippen LogP contribution in [0.1, 0.15) is 5.76 Å². The highest BCUT2D eigenvalue weighted by molar-refractivity contribution is 5.77. The Balaban J connectivity index is 1.43. The zero-order valence-corrected chi connectivity index (χ0v) is 14.3. The number of amides is 1. The average Bonchev–Trinajstić information content (AvgIpc) is 3.14. The molecule has 3 rings (SSSR count). The van der Waals surface area contributed by atoms with Crippen molar-refractivity contribution in [3.8, 4) is 0 Å². The second kappa shape index (κ2) is 8.59. The van der Waals surface area contributed by atoms with Gasteiger partial charge in [0, 0.05) is 32.9 Å². The second-order valence-corrected chi connectivity index (χ2v) is 6.05. The summed E-state index contributed by atoms with van der Waals surface area (Å²) in [6.07, 6.45) is 3.26. The molecule has 8 heteroatoms. The predicted octanol–water partition coefficient (Wildman–Crippen LogP) is 0.841. The Labute approximate surface area is 146 Å². The van der Waals surface area contributed by atoms with Crippen molar-refractivity contribution in [1.82, 2.24) is 20.0 Å². The van der Waals surface area contributed by atoms with E-state index in [4.69, 9.17) is 9.15 Å². The summed E-state index contributed by atoms with van der Waals surface area (Å²) in [5.74, 6) is 1.57. The van der Waals surface area contributed by atoms with Gasteiger partial charge in [-0.1, -0.05) is 0 Å². The quantitative estimate of drug-likeness (QED) is 0.796. The normalized spacial score (nSPS) is 18.0. The van der Waals surface area contributed by atoms with Crippen LogP contribution in [0.25, 0.3) is 0 Å². The summed E-state index contributed by atoms with van der Waals surface area (Å²) in [5.41, 5.74) is 0. The van der Waals surface area contributed by atoms with Crippen LogP contribution in [0.3, 0.4) is 0 Å². The lowest BCUT2D eigenvalue weighted by Crippen LogP contribution is -2.48. The number of rotatable bonds is 7. The topological polar surface area (TPSA) is 83.7 Å². The molecule has 25 heavy (non-hydrogen) atoms. The lowest BCUT2D eigenvalue weighted by molar-refractivity contribution is -0.133. The van der Waals surface area contributed by atoms with E-state index in [2.05, 4.69) is 20.4 Å². The van der Waals surface area contributed by atoms with Gasteiger partial charge in [0.1, 0.15) is 11.6 Å². The van der Waals surface area contributed by atoms with E-state index in [1.165, 1.54) is 0 Å². The van der Waals surface area contributed by atoms with Crippen LogP contribution < -0.4 is 5.32 Å². The monoisotopic (exact) mass is 345 g/mol. The van der Waals surface area contributed by atoms with Crippen molar-refractivity contribution in [2.45, 2.75) is 12.6 Å². The first-order chi connectivity index (χ1) is 12.2. The smallest absolute Gasteiger partial charge is 0.236 e. The van der Waals surface area contributed by atoms with Crippen LogP contribution in [-0.4, -0.2) is 71.8 Å². The Kier molecular flexibility index (Phi) is 5.97. The predicted molar refractivity (Wildman–Crippen MR) is 91.9 cm³/mol. The van der Waals surface area contributed by atoms with E-state index < -0.39 is 0 Å². The summed E-state index contributed by atoms with van der Waals surface area (Å²) in [5, 5.41) is 11.0. The minimum Gasteiger partial charge on any atom is -0.467 e. The van der Waals surface area contributed by atoms with E-state index in [1.807, 2.05) is 24.3 Å². The van der Waals surface area contributed by atoms with Gasteiger partial charge in [-0.05, 0) is 24.3 Å². The molecule has 1 aliphatic heterocycles. The Morgan fingerprint density at radius 2 is 2.36 bits per heavy atom. The number of nitrogens with zero attached hydrogens (tertiary/aromatic N) is 4. The molecule has 3 heterocycles. The van der Waals surface area contributed by atoms with Gasteiger partial charge in [-0.25, -0.2) is 0 Å². The molecule has 1 amide bonds. The number of anilines is 1. The highest BCUT2D eigenvalue weighted by atomic mass is 16.5. The number of hydrogen-bond acceptors (Lipinski definition) is 7. The highest BCUT2D eigenvalue weighted by Crippen LogP contribution is 2.09. The molecule has 0 spiro atoms. The summed E-state index contributed by atoms with van der Waals surface area (Å²) < 4.78 is 11.1. The van der Waals surface area contributed by atoms with Crippen molar-refractivity contribution in [3.05, 3.63) is 42.5 Å². The SMILES string of the molecule is CN(Cc1ccco1)C(=O)CN1CCO[C@@H](CNc2cccnn2)C1. The van der Waals surface area contributed by atoms with Crippen LogP contribution >= 0.6 is 0 Å². The van der Waals surface area contributed by atoms with Crippen LogP contribution in [0, 0.1) is 0 Å². The van der Waals surface area contributed by atoms with E-state index in [1.54, 1.807) is 24.4 Å². The van der Waals surface area contributed by atoms with Crippen LogP contribution in [-0.2, 0) is 16.1 Å². The van der Waals surface area contributed by atoms with E-state index >= 15 is 0 Å². The van der Waals surface area contributed by atoms with E-state index in [0.29, 0.717) is 32.8 Å². The fourth-order valence-electron chi connectivity index (χ4n) is 2.70. The molecule has 2 aromatic rings. The highest BCUT2D eigenvalue weighted by Gasteiger charge is 2.23. The molecule has 8 nitrogen and oxygen atoms in total. The Bertz CT molecular complexity index is 650. The molecule has 1 atom stereocenters. The second-order valence-electron chi connectivity index (χ2n) is 6.05. The molecule has 0 bridgehead atoms. The van der Waals surface area contributed by atoms with Crippen LogP contribution in [0.4, 0.5) is 5.82 Å². The van der Waals surface area contributed by atoms with Crippen molar-refractivity contribution < 1.29 is 13.9 Å². The maximum absolute atomic E-state index is 12.4. The van der Waals surface area contributed by atoms with Crippen LogP contribution in [0.2, 0.25) is 0 Å². The van der Waals surface area contributed by atoms with E-state index in [0.717, 1.165) is 18.1 Å². The van der Waals surface area contributed by atoms with E-state index in [9.17, 15) is 4.79 Å². The molecule has 2 aromatic heterocycles. The minimum absolute atomic E-state index is 0.0129. The third kappa shape index (κ3) is 5.27. The fraction of sp³-hybridized carbons (Fsp3) is 0.471. The third-order valence-electron chi connectivity index (χ3n) is 4.06. The van der Waals surface area contributed by atoms with Gasteiger partial charge in [0.15, 0.2) is 0 Å². The number of morpholine rings is 1. The Hall–Kier alpha value is -2.45. The first-order valence-electron chi connectivity index (χ1n) is 8.32. The fourth-order valence-corrected chi connectivity index (χ4v) is 2.70. The molecule has 1 aliphatic rings. The van der Waals surface area contributed by atoms with Gasteiger partial charge in [0.2, 0.25) is 5.91 Å². The van der Waals surface area contributed by atoms with Gasteiger partial charge >= 0.3 is 0 Å². The van der Waals surface area contributed by atoms with Gasteiger partial charge in [0.25, 0.3) is 0 Å². The molecule has 0 unspecified atom stereocenters. The molecule has 0 aromatic carbocycles. The summed E-state index contributed by atoms with van der Waals surface area (Å²) in [6, 6.07) is 7.38. The zero-order chi connectivity index (χ0) is 17.5. The number of furan rings is 1. The maximum atomic E-state index is 12.4. The number of carbonyl (C=O) groups excluding carboxylic acids is 1. The van der Waals surface area contributed by atoms with Crippen molar-refractivity contribution in [3.63, 3.8) is 0 Å². The van der Waals surface area contributed by atoms with Gasteiger partial charge < -0.3 is 19.4 Å². The largest absolute Gasteiger partial charge is 0.467 e. The first-order valence-corrected chi connectivity index (χ1v) is 8.32. The molecular formula is C17H23N5O3. The summed E-state index contributed by atoms with van der Waals surface area (Å²) in [4.78, 5) is 16.2. The van der Waals surface area contributed by atoms with Crippen LogP contribution in [0.5, 0.6) is 0 Å². The molecule has 0 radical (unpaired) electrons. The number of nitrogens with one attached hydrogen (secondary N) is 1. The Morgan fingerprint density at radius 3 is 3.12 bits per heavy atom. The number of hydrogen-bond donors (Lipinski definition) is 1. The van der Waals surface area contributed by atoms with Crippen molar-refractivity contribution >= 4 is 11.7 Å². The van der Waals surface area contributed by atoms with Gasteiger partial charge in [-0.2, -0.15) is 5.10 Å². The number of carbonyl (C=O) groups is 1. The summed E-state index contributed by atoms with van der Waals surface area (Å²) in [7, 11) is 1.79. The molecular weight excluding hydrogens is 322 g/mol. The van der Waals surface area contributed by atoms with E-state index in [-0.39, 0.29) is 12.0 Å². The molecule has 1 N–H and O–H groups in total. The summed E-state index contributed by atoms with van der Waals surface area (Å²) in [6.45, 7) is 3.55. The lowest BCUT2D eigenvalue weighted by Gasteiger charge is -2.33. The molecule has 0 aliphatic carbocycles. The Morgan fingerprint density at radius 1 is 1.44 bits per heavy atom. The molecule has 1 saturated heterocycles. The third-order valence-corrected chi connectivity index (χ3v) is 4.06. The van der Waals surface area contributed by atoms with Crippen LogP contribution in [0.15, 0.2) is 41.1 Å². The van der Waals surface area contributed by atoms with Crippen molar-refractivity contribution in [1.29, 1.82) is 0 Å². The molecule has 134 valence electrons. The van der Waals surface area contributed by atoms with Crippen molar-refractivity contribution in [2.75, 3.05) is 45.2 Å². The maximum Gasteiger partial charge on any atom is 0.236 e. The standard InChI is InChI=1S/C17H23N5O3/c1-21(11-14-4-3-8-24-14)17(23)13-22-7-9-25-15(12-22)10-18-16-5-2-6-19-20-16/h2-6,8,15H,7,9-13H2,1H3,(H,18,20)/t15-/m0/s1. The lowest BCUT2D eigenvalue weighted by atomic mass is 10.2. The van der Waals surface area contributed by atoms with Gasteiger partial charge in [-0.15, -0.1) is 5.10 Å². The number of aromatic nitrogens is 2. The molecule has 0 saturated carbocycles. The summed E-state index contributed by atoms with van der Waals surface area (Å²) >= 11 is 0. The first kappa shape index (κ1) is 17.4. The van der Waals surface area contributed by atoms with Crippen molar-refractivity contribution in [2.24, 2.45) is 0 Å². The minimum atomic E-state index is 0.0129. The molecule has 1 fully saturated rings. The zero-order valence-electron chi connectivity index (χ0n) is 14.3. The van der Waals surface area contributed by atoms with Gasteiger partial charge in [0.05, 0.1) is 32.1 Å². The number of likely N-dealkylation sites (N-methyl/N-ethyl adjacent to an activating group) is 1. The average molecular weight is 345 g/mol. The van der Waals surface area contributed by atoms with Gasteiger partial charge in [-0.3, -0.25) is 9.69 Å².